The second-order valence-corrected chi connectivity index (χ2v) is 3.65. The van der Waals surface area contributed by atoms with Gasteiger partial charge in [-0.15, -0.1) is 0 Å². The maximum absolute atomic E-state index is 10.6. The fourth-order valence-corrected chi connectivity index (χ4v) is 1.67. The van der Waals surface area contributed by atoms with Crippen LogP contribution < -0.4 is 0 Å². The predicted octanol–water partition coefficient (Wildman–Crippen LogP) is 0.714. The number of aliphatic hydroxyl groups is 2. The summed E-state index contributed by atoms with van der Waals surface area (Å²) in [5.41, 5.74) is 0.792. The van der Waals surface area contributed by atoms with E-state index in [0.29, 0.717) is 11.1 Å². The highest BCUT2D eigenvalue weighted by molar-refractivity contribution is 5.83. The number of carbonyl (C=O) groups is 1. The van der Waals surface area contributed by atoms with Gasteiger partial charge >= 0.3 is 5.97 Å². The average Bonchev–Trinajstić information content (AvgIpc) is 2.36. The Morgan fingerprint density at radius 2 is 1.88 bits per heavy atom. The van der Waals surface area contributed by atoms with E-state index in [-0.39, 0.29) is 0 Å². The highest BCUT2D eigenvalue weighted by atomic mass is 16.4. The monoisotopic (exact) mass is 233 g/mol. The molecule has 2 atom stereocenters. The van der Waals surface area contributed by atoms with Crippen LogP contribution in [0.15, 0.2) is 36.5 Å². The van der Waals surface area contributed by atoms with E-state index in [1.165, 1.54) is 0 Å². The van der Waals surface area contributed by atoms with Crippen molar-refractivity contribution in [2.75, 3.05) is 0 Å². The highest BCUT2D eigenvalue weighted by Crippen LogP contribution is 2.24. The molecule has 1 heterocycles. The molecule has 0 saturated heterocycles. The summed E-state index contributed by atoms with van der Waals surface area (Å²) in [7, 11) is 0. The summed E-state index contributed by atoms with van der Waals surface area (Å²) >= 11 is 0. The second-order valence-electron chi connectivity index (χ2n) is 3.65. The van der Waals surface area contributed by atoms with Crippen LogP contribution in [0.3, 0.4) is 0 Å². The van der Waals surface area contributed by atoms with E-state index in [9.17, 15) is 15.0 Å². The van der Waals surface area contributed by atoms with Crippen molar-refractivity contribution >= 4 is 16.9 Å². The van der Waals surface area contributed by atoms with Crippen LogP contribution >= 0.6 is 0 Å². The van der Waals surface area contributed by atoms with Crippen molar-refractivity contribution in [2.45, 2.75) is 12.2 Å². The van der Waals surface area contributed by atoms with Gasteiger partial charge in [0.15, 0.2) is 6.10 Å². The van der Waals surface area contributed by atoms with Crippen LogP contribution in [-0.2, 0) is 4.79 Å². The van der Waals surface area contributed by atoms with E-state index >= 15 is 0 Å². The van der Waals surface area contributed by atoms with Crippen LogP contribution in [0.5, 0.6) is 0 Å². The molecule has 1 aromatic heterocycles. The summed E-state index contributed by atoms with van der Waals surface area (Å²) in [6.07, 6.45) is -1.81. The third-order valence-corrected chi connectivity index (χ3v) is 2.53. The number of pyridine rings is 1. The van der Waals surface area contributed by atoms with Gasteiger partial charge in [-0.3, -0.25) is 4.98 Å². The summed E-state index contributed by atoms with van der Waals surface area (Å²) in [5.74, 6) is -1.47. The van der Waals surface area contributed by atoms with Gasteiger partial charge in [-0.05, 0) is 6.07 Å². The normalized spacial score (nSPS) is 14.5. The van der Waals surface area contributed by atoms with Crippen LogP contribution in [0.4, 0.5) is 0 Å². The number of hydrogen-bond acceptors (Lipinski definition) is 4. The van der Waals surface area contributed by atoms with E-state index in [2.05, 4.69) is 4.98 Å². The van der Waals surface area contributed by atoms with E-state index in [1.807, 2.05) is 0 Å². The first-order chi connectivity index (χ1) is 8.11. The Balaban J connectivity index is 2.52. The van der Waals surface area contributed by atoms with Crippen molar-refractivity contribution in [1.29, 1.82) is 0 Å². The Morgan fingerprint density at radius 3 is 2.59 bits per heavy atom. The zero-order valence-corrected chi connectivity index (χ0v) is 8.82. The fraction of sp³-hybridized carbons (Fsp3) is 0.167. The predicted molar refractivity (Wildman–Crippen MR) is 60.3 cm³/mol. The molecule has 1 aromatic carbocycles. The summed E-state index contributed by atoms with van der Waals surface area (Å²) in [4.78, 5) is 14.7. The molecule has 0 radical (unpaired) electrons. The molecule has 17 heavy (non-hydrogen) atoms. The number of para-hydroxylation sites is 1. The van der Waals surface area contributed by atoms with Gasteiger partial charge in [-0.25, -0.2) is 4.79 Å². The topological polar surface area (TPSA) is 90.7 Å². The van der Waals surface area contributed by atoms with E-state index in [4.69, 9.17) is 5.11 Å². The summed E-state index contributed by atoms with van der Waals surface area (Å²) in [5, 5.41) is 28.6. The van der Waals surface area contributed by atoms with Gasteiger partial charge in [-0.2, -0.15) is 0 Å². The third-order valence-electron chi connectivity index (χ3n) is 2.53. The number of aromatic nitrogens is 1. The lowest BCUT2D eigenvalue weighted by atomic mass is 10.0. The van der Waals surface area contributed by atoms with Crippen molar-refractivity contribution in [2.24, 2.45) is 0 Å². The van der Waals surface area contributed by atoms with E-state index < -0.39 is 18.2 Å². The molecule has 0 amide bonds. The number of rotatable bonds is 3. The molecule has 5 nitrogen and oxygen atoms in total. The molecular formula is C12H11NO4. The summed E-state index contributed by atoms with van der Waals surface area (Å²) in [6.45, 7) is 0. The molecular weight excluding hydrogens is 222 g/mol. The molecule has 0 aliphatic rings. The van der Waals surface area contributed by atoms with Gasteiger partial charge in [0.05, 0.1) is 5.52 Å². The number of carboxylic acid groups (broad SMARTS) is 1. The van der Waals surface area contributed by atoms with Gasteiger partial charge in [0.25, 0.3) is 0 Å². The number of hydrogen-bond donors (Lipinski definition) is 3. The van der Waals surface area contributed by atoms with Gasteiger partial charge in [0.2, 0.25) is 0 Å². The molecule has 2 aromatic rings. The smallest absolute Gasteiger partial charge is 0.335 e. The molecule has 3 N–H and O–H groups in total. The van der Waals surface area contributed by atoms with Gasteiger partial charge in [-0.1, -0.05) is 24.3 Å². The molecule has 2 rings (SSSR count). The van der Waals surface area contributed by atoms with Gasteiger partial charge in [0.1, 0.15) is 6.10 Å². The van der Waals surface area contributed by atoms with Crippen molar-refractivity contribution in [3.8, 4) is 0 Å². The zero-order chi connectivity index (χ0) is 12.4. The summed E-state index contributed by atoms with van der Waals surface area (Å²) in [6, 6.07) is 8.56. The number of aliphatic carboxylic acids is 1. The molecule has 0 spiro atoms. The van der Waals surface area contributed by atoms with Crippen LogP contribution in [0.2, 0.25) is 0 Å². The standard InChI is InChI=1S/C12H11NO4/c14-10(11(15)12(16)17)8-5-1-3-7-4-2-6-13-9(7)8/h1-6,10-11,14-15H,(H,16,17). The maximum Gasteiger partial charge on any atom is 0.335 e. The lowest BCUT2D eigenvalue weighted by Crippen LogP contribution is -2.27. The molecule has 88 valence electrons. The molecule has 0 saturated carbocycles. The van der Waals surface area contributed by atoms with Crippen molar-refractivity contribution < 1.29 is 20.1 Å². The van der Waals surface area contributed by atoms with E-state index in [1.54, 1.807) is 36.5 Å². The zero-order valence-electron chi connectivity index (χ0n) is 8.82. The molecule has 0 fully saturated rings. The van der Waals surface area contributed by atoms with Gasteiger partial charge < -0.3 is 15.3 Å². The molecule has 0 aliphatic heterocycles. The lowest BCUT2D eigenvalue weighted by Gasteiger charge is -2.15. The number of fused-ring (bicyclic) bond motifs is 1. The summed E-state index contributed by atoms with van der Waals surface area (Å²) < 4.78 is 0. The van der Waals surface area contributed by atoms with Crippen LogP contribution in [0.1, 0.15) is 11.7 Å². The highest BCUT2D eigenvalue weighted by Gasteiger charge is 2.26. The molecule has 5 heteroatoms. The Hall–Kier alpha value is -1.98. The van der Waals surface area contributed by atoms with Gasteiger partial charge in [0, 0.05) is 17.1 Å². The number of nitrogens with zero attached hydrogens (tertiary/aromatic N) is 1. The van der Waals surface area contributed by atoms with Crippen molar-refractivity contribution in [3.05, 3.63) is 42.1 Å². The first kappa shape index (κ1) is 11.5. The average molecular weight is 233 g/mol. The Kier molecular flexibility index (Phi) is 3.03. The minimum absolute atomic E-state index is 0.304. The first-order valence-electron chi connectivity index (χ1n) is 5.04. The third kappa shape index (κ3) is 2.11. The van der Waals surface area contributed by atoms with E-state index in [0.717, 1.165) is 5.39 Å². The van der Waals surface area contributed by atoms with Crippen LogP contribution in [0, 0.1) is 0 Å². The Morgan fingerprint density at radius 1 is 1.18 bits per heavy atom. The number of carboxylic acids is 1. The Bertz CT molecular complexity index is 550. The lowest BCUT2D eigenvalue weighted by molar-refractivity contribution is -0.153. The SMILES string of the molecule is O=C(O)C(O)C(O)c1cccc2cccnc12. The molecule has 0 aliphatic carbocycles. The Labute approximate surface area is 97.0 Å². The number of benzene rings is 1. The largest absolute Gasteiger partial charge is 0.479 e. The van der Waals surface area contributed by atoms with Crippen molar-refractivity contribution in [1.82, 2.24) is 4.98 Å². The minimum Gasteiger partial charge on any atom is -0.479 e. The quantitative estimate of drug-likeness (QED) is 0.726. The fourth-order valence-electron chi connectivity index (χ4n) is 1.67. The second kappa shape index (κ2) is 4.48. The maximum atomic E-state index is 10.6. The van der Waals surface area contributed by atoms with Crippen molar-refractivity contribution in [3.63, 3.8) is 0 Å². The molecule has 0 bridgehead atoms. The molecule has 2 unspecified atom stereocenters. The van der Waals surface area contributed by atoms with Crippen LogP contribution in [-0.4, -0.2) is 32.4 Å². The minimum atomic E-state index is -1.86. The number of aliphatic hydroxyl groups excluding tert-OH is 2. The van der Waals surface area contributed by atoms with Crippen LogP contribution in [0.25, 0.3) is 10.9 Å². The first-order valence-corrected chi connectivity index (χ1v) is 5.04.